The van der Waals surface area contributed by atoms with E-state index in [0.29, 0.717) is 16.9 Å². The van der Waals surface area contributed by atoms with Crippen LogP contribution in [0.4, 0.5) is 0 Å². The molecule has 1 aromatic heterocycles. The molecule has 0 spiro atoms. The van der Waals surface area contributed by atoms with Gasteiger partial charge in [0.15, 0.2) is 0 Å². The molecule has 0 bridgehead atoms. The van der Waals surface area contributed by atoms with E-state index in [1.807, 2.05) is 20.8 Å². The Hall–Kier alpha value is -0.845. The van der Waals surface area contributed by atoms with Gasteiger partial charge in [-0.25, -0.2) is 0 Å². The maximum Gasteiger partial charge on any atom is 0.492 e. The van der Waals surface area contributed by atoms with Gasteiger partial charge in [0.2, 0.25) is 0 Å². The molecule has 4 nitrogen and oxygen atoms in total. The van der Waals surface area contributed by atoms with Crippen molar-refractivity contribution in [2.45, 2.75) is 46.1 Å². The SMILES string of the molecule is CCCCOB(O)c1ccsc1C(=O)NC(C)(C)C. The third-order valence-electron chi connectivity index (χ3n) is 2.43. The molecule has 2 N–H and O–H groups in total. The second-order valence-electron chi connectivity index (χ2n) is 5.49. The highest BCUT2D eigenvalue weighted by molar-refractivity contribution is 7.13. The molecule has 106 valence electrons. The molecule has 0 aliphatic heterocycles. The zero-order valence-corrected chi connectivity index (χ0v) is 12.8. The highest BCUT2D eigenvalue weighted by Gasteiger charge is 2.26. The standard InChI is InChI=1S/C13H22BNO3S/c1-5-6-8-18-14(17)10-7-9-19-11(10)12(16)15-13(2,3)4/h7,9,17H,5-6,8H2,1-4H3,(H,15,16). The third kappa shape index (κ3) is 5.34. The fraction of sp³-hybridized carbons (Fsp3) is 0.615. The molecule has 1 aromatic rings. The molecule has 0 aromatic carbocycles. The molecule has 0 atom stereocenters. The topological polar surface area (TPSA) is 58.6 Å². The molecule has 0 radical (unpaired) electrons. The fourth-order valence-corrected chi connectivity index (χ4v) is 2.34. The lowest BCUT2D eigenvalue weighted by molar-refractivity contribution is 0.0924. The minimum absolute atomic E-state index is 0.171. The van der Waals surface area contributed by atoms with Crippen LogP contribution in [0, 0.1) is 0 Å². The number of hydrogen-bond acceptors (Lipinski definition) is 4. The molecule has 0 aliphatic rings. The second kappa shape index (κ2) is 7.08. The van der Waals surface area contributed by atoms with Crippen LogP contribution >= 0.6 is 11.3 Å². The van der Waals surface area contributed by atoms with Crippen LogP contribution in [0.3, 0.4) is 0 Å². The first-order valence-electron chi connectivity index (χ1n) is 6.54. The molecule has 0 saturated carbocycles. The minimum Gasteiger partial charge on any atom is -0.423 e. The maximum absolute atomic E-state index is 12.1. The van der Waals surface area contributed by atoms with Crippen molar-refractivity contribution >= 4 is 29.8 Å². The Bertz CT molecular complexity index is 414. The first kappa shape index (κ1) is 16.2. The van der Waals surface area contributed by atoms with Crippen molar-refractivity contribution in [1.29, 1.82) is 0 Å². The van der Waals surface area contributed by atoms with Crippen molar-refractivity contribution in [2.75, 3.05) is 6.61 Å². The normalized spacial score (nSPS) is 11.4. The summed E-state index contributed by atoms with van der Waals surface area (Å²) in [6, 6.07) is 1.73. The Balaban J connectivity index is 2.71. The van der Waals surface area contributed by atoms with E-state index in [-0.39, 0.29) is 11.4 Å². The molecule has 1 amide bonds. The third-order valence-corrected chi connectivity index (χ3v) is 3.36. The van der Waals surface area contributed by atoms with Gasteiger partial charge in [-0.1, -0.05) is 19.4 Å². The van der Waals surface area contributed by atoms with Crippen LogP contribution < -0.4 is 10.8 Å². The van der Waals surface area contributed by atoms with E-state index < -0.39 is 7.12 Å². The molecule has 1 heterocycles. The zero-order valence-electron chi connectivity index (χ0n) is 12.0. The lowest BCUT2D eigenvalue weighted by Gasteiger charge is -2.20. The zero-order chi connectivity index (χ0) is 14.5. The lowest BCUT2D eigenvalue weighted by atomic mass is 9.79. The van der Waals surface area contributed by atoms with Crippen molar-refractivity contribution in [3.63, 3.8) is 0 Å². The van der Waals surface area contributed by atoms with Gasteiger partial charge in [-0.2, -0.15) is 0 Å². The van der Waals surface area contributed by atoms with Gasteiger partial charge in [0.25, 0.3) is 5.91 Å². The summed E-state index contributed by atoms with van der Waals surface area (Å²) in [5.74, 6) is -0.171. The number of amides is 1. The molecular formula is C13H22BNO3S. The predicted molar refractivity (Wildman–Crippen MR) is 80.0 cm³/mol. The van der Waals surface area contributed by atoms with Gasteiger partial charge < -0.3 is 15.0 Å². The smallest absolute Gasteiger partial charge is 0.423 e. The van der Waals surface area contributed by atoms with Crippen LogP contribution in [0.15, 0.2) is 11.4 Å². The van der Waals surface area contributed by atoms with E-state index in [4.69, 9.17) is 4.65 Å². The van der Waals surface area contributed by atoms with Crippen LogP contribution in [0.2, 0.25) is 0 Å². The number of rotatable bonds is 6. The molecule has 0 aliphatic carbocycles. The van der Waals surface area contributed by atoms with Gasteiger partial charge in [0.1, 0.15) is 0 Å². The maximum atomic E-state index is 12.1. The van der Waals surface area contributed by atoms with Gasteiger partial charge >= 0.3 is 7.12 Å². The number of carbonyl (C=O) groups is 1. The summed E-state index contributed by atoms with van der Waals surface area (Å²) in [5.41, 5.74) is 0.245. The van der Waals surface area contributed by atoms with Crippen molar-refractivity contribution in [3.05, 3.63) is 16.3 Å². The van der Waals surface area contributed by atoms with Crippen molar-refractivity contribution < 1.29 is 14.5 Å². The number of unbranched alkanes of at least 4 members (excludes halogenated alkanes) is 1. The molecule has 19 heavy (non-hydrogen) atoms. The predicted octanol–water partition coefficient (Wildman–Crippen LogP) is 1.78. The monoisotopic (exact) mass is 283 g/mol. The molecule has 0 saturated heterocycles. The minimum atomic E-state index is -1.03. The average Bonchev–Trinajstić information content (AvgIpc) is 2.75. The summed E-state index contributed by atoms with van der Waals surface area (Å²) in [6.07, 6.45) is 1.90. The van der Waals surface area contributed by atoms with Crippen LogP contribution in [-0.4, -0.2) is 30.2 Å². The molecule has 1 rings (SSSR count). The summed E-state index contributed by atoms with van der Waals surface area (Å²) >= 11 is 1.31. The Morgan fingerprint density at radius 3 is 2.79 bits per heavy atom. The van der Waals surface area contributed by atoms with Crippen molar-refractivity contribution in [3.8, 4) is 0 Å². The average molecular weight is 283 g/mol. The van der Waals surface area contributed by atoms with Gasteiger partial charge in [-0.15, -0.1) is 11.3 Å². The Labute approximate surface area is 119 Å². The van der Waals surface area contributed by atoms with Crippen molar-refractivity contribution in [2.24, 2.45) is 0 Å². The van der Waals surface area contributed by atoms with E-state index in [2.05, 4.69) is 12.2 Å². The largest absolute Gasteiger partial charge is 0.492 e. The highest BCUT2D eigenvalue weighted by atomic mass is 32.1. The quantitative estimate of drug-likeness (QED) is 0.618. The summed E-state index contributed by atoms with van der Waals surface area (Å²) in [4.78, 5) is 12.6. The van der Waals surface area contributed by atoms with E-state index >= 15 is 0 Å². The van der Waals surface area contributed by atoms with E-state index in [1.165, 1.54) is 11.3 Å². The number of nitrogens with one attached hydrogen (secondary N) is 1. The van der Waals surface area contributed by atoms with Crippen LogP contribution in [0.25, 0.3) is 0 Å². The van der Waals surface area contributed by atoms with Crippen LogP contribution in [0.1, 0.15) is 50.2 Å². The lowest BCUT2D eigenvalue weighted by Crippen LogP contribution is -2.44. The number of carbonyl (C=O) groups excluding carboxylic acids is 1. The van der Waals surface area contributed by atoms with Crippen molar-refractivity contribution in [1.82, 2.24) is 5.32 Å². The van der Waals surface area contributed by atoms with Gasteiger partial charge in [0.05, 0.1) is 4.88 Å². The van der Waals surface area contributed by atoms with E-state index in [9.17, 15) is 9.82 Å². The summed E-state index contributed by atoms with van der Waals surface area (Å²) < 4.78 is 5.33. The Morgan fingerprint density at radius 2 is 2.21 bits per heavy atom. The van der Waals surface area contributed by atoms with Gasteiger partial charge in [0, 0.05) is 17.6 Å². The van der Waals surface area contributed by atoms with Gasteiger partial charge in [-0.3, -0.25) is 4.79 Å². The Morgan fingerprint density at radius 1 is 1.53 bits per heavy atom. The number of hydrogen-bond donors (Lipinski definition) is 2. The molecule has 0 fully saturated rings. The molecule has 6 heteroatoms. The summed E-state index contributed by atoms with van der Waals surface area (Å²) in [6.45, 7) is 8.32. The highest BCUT2D eigenvalue weighted by Crippen LogP contribution is 2.10. The summed E-state index contributed by atoms with van der Waals surface area (Å²) in [5, 5.41) is 14.6. The first-order chi connectivity index (χ1) is 8.85. The first-order valence-corrected chi connectivity index (χ1v) is 7.42. The van der Waals surface area contributed by atoms with Crippen LogP contribution in [-0.2, 0) is 4.65 Å². The molecule has 0 unspecified atom stereocenters. The van der Waals surface area contributed by atoms with E-state index in [0.717, 1.165) is 12.8 Å². The van der Waals surface area contributed by atoms with E-state index in [1.54, 1.807) is 11.4 Å². The second-order valence-corrected chi connectivity index (χ2v) is 6.40. The van der Waals surface area contributed by atoms with Gasteiger partial charge in [-0.05, 0) is 32.6 Å². The van der Waals surface area contributed by atoms with Crippen LogP contribution in [0.5, 0.6) is 0 Å². The fourth-order valence-electron chi connectivity index (χ4n) is 1.52. The number of thiophene rings is 1. The Kier molecular flexibility index (Phi) is 6.04. The molecular weight excluding hydrogens is 261 g/mol. The summed E-state index contributed by atoms with van der Waals surface area (Å²) in [7, 11) is -1.03.